The quantitative estimate of drug-likeness (QED) is 0.740. The molecule has 0 bridgehead atoms. The van der Waals surface area contributed by atoms with E-state index in [0.29, 0.717) is 21.2 Å². The van der Waals surface area contributed by atoms with E-state index >= 15 is 0 Å². The lowest BCUT2D eigenvalue weighted by Crippen LogP contribution is -2.31. The third-order valence-electron chi connectivity index (χ3n) is 2.92. The SMILES string of the molecule is CCN(c1ccccc1)S(=O)(=O)c1c(N)cc(Br)cc1Br. The van der Waals surface area contributed by atoms with Crippen LogP contribution in [0.2, 0.25) is 0 Å². The van der Waals surface area contributed by atoms with Gasteiger partial charge in [-0.3, -0.25) is 4.31 Å². The summed E-state index contributed by atoms with van der Waals surface area (Å²) in [6, 6.07) is 12.2. The Kier molecular flexibility index (Phi) is 4.95. The largest absolute Gasteiger partial charge is 0.398 e. The highest BCUT2D eigenvalue weighted by Gasteiger charge is 2.28. The van der Waals surface area contributed by atoms with E-state index < -0.39 is 10.0 Å². The lowest BCUT2D eigenvalue weighted by molar-refractivity contribution is 0.592. The second-order valence-corrected chi connectivity index (χ2v) is 7.88. The maximum Gasteiger partial charge on any atom is 0.267 e. The molecule has 7 heteroatoms. The highest BCUT2D eigenvalue weighted by Crippen LogP contribution is 2.35. The van der Waals surface area contributed by atoms with Crippen molar-refractivity contribution in [3.8, 4) is 0 Å². The summed E-state index contributed by atoms with van der Waals surface area (Å²) in [4.78, 5) is 0.0800. The van der Waals surface area contributed by atoms with E-state index in [1.165, 1.54) is 4.31 Å². The Hall–Kier alpha value is -1.05. The molecular formula is C14H14Br2N2O2S. The molecule has 2 aromatic rings. The van der Waals surface area contributed by atoms with Crippen molar-refractivity contribution in [2.24, 2.45) is 0 Å². The molecule has 21 heavy (non-hydrogen) atoms. The van der Waals surface area contributed by atoms with Gasteiger partial charge in [-0.2, -0.15) is 0 Å². The van der Waals surface area contributed by atoms with Crippen LogP contribution < -0.4 is 10.0 Å². The van der Waals surface area contributed by atoms with Gasteiger partial charge in [-0.25, -0.2) is 8.42 Å². The molecular weight excluding hydrogens is 420 g/mol. The molecule has 2 N–H and O–H groups in total. The molecule has 0 atom stereocenters. The number of nitrogen functional groups attached to an aromatic ring is 1. The molecule has 4 nitrogen and oxygen atoms in total. The predicted octanol–water partition coefficient (Wildman–Crippen LogP) is 4.01. The standard InChI is InChI=1S/C14H14Br2N2O2S/c1-2-18(11-6-4-3-5-7-11)21(19,20)14-12(16)8-10(15)9-13(14)17/h3-9H,2,17H2,1H3. The second kappa shape index (κ2) is 6.37. The van der Waals surface area contributed by atoms with Crippen molar-refractivity contribution in [2.45, 2.75) is 11.8 Å². The van der Waals surface area contributed by atoms with Crippen LogP contribution in [0.1, 0.15) is 6.92 Å². The van der Waals surface area contributed by atoms with E-state index in [-0.39, 0.29) is 10.6 Å². The van der Waals surface area contributed by atoms with Crippen LogP contribution in [0.25, 0.3) is 0 Å². The van der Waals surface area contributed by atoms with Gasteiger partial charge in [0.1, 0.15) is 4.90 Å². The third kappa shape index (κ3) is 3.25. The molecule has 0 unspecified atom stereocenters. The summed E-state index contributed by atoms with van der Waals surface area (Å²) in [6.07, 6.45) is 0. The summed E-state index contributed by atoms with van der Waals surface area (Å²) < 4.78 is 28.3. The fraction of sp³-hybridized carbons (Fsp3) is 0.143. The van der Waals surface area contributed by atoms with Crippen LogP contribution >= 0.6 is 31.9 Å². The van der Waals surface area contributed by atoms with Crippen LogP contribution in [0.15, 0.2) is 56.3 Å². The number of benzene rings is 2. The third-order valence-corrected chi connectivity index (χ3v) is 6.28. The molecule has 0 saturated heterocycles. The van der Waals surface area contributed by atoms with Gasteiger partial charge in [0.25, 0.3) is 10.0 Å². The molecule has 0 aromatic heterocycles. The number of anilines is 2. The van der Waals surface area contributed by atoms with Crippen LogP contribution in [-0.2, 0) is 10.0 Å². The number of rotatable bonds is 4. The zero-order chi connectivity index (χ0) is 15.6. The van der Waals surface area contributed by atoms with Gasteiger partial charge in [0, 0.05) is 15.5 Å². The Labute approximate surface area is 141 Å². The zero-order valence-electron chi connectivity index (χ0n) is 11.3. The molecule has 0 aliphatic rings. The van der Waals surface area contributed by atoms with Gasteiger partial charge < -0.3 is 5.73 Å². The maximum atomic E-state index is 12.9. The summed E-state index contributed by atoms with van der Waals surface area (Å²) in [7, 11) is -3.74. The first kappa shape index (κ1) is 16.3. The van der Waals surface area contributed by atoms with E-state index in [1.54, 1.807) is 43.3 Å². The van der Waals surface area contributed by atoms with Gasteiger partial charge in [-0.15, -0.1) is 0 Å². The Morgan fingerprint density at radius 1 is 1.14 bits per heavy atom. The number of nitrogens with zero attached hydrogens (tertiary/aromatic N) is 1. The average Bonchev–Trinajstić information content (AvgIpc) is 2.38. The molecule has 0 saturated carbocycles. The first-order chi connectivity index (χ1) is 9.87. The summed E-state index contributed by atoms with van der Waals surface area (Å²) in [5, 5.41) is 0. The molecule has 2 aromatic carbocycles. The maximum absolute atomic E-state index is 12.9. The first-order valence-electron chi connectivity index (χ1n) is 6.20. The number of hydrogen-bond acceptors (Lipinski definition) is 3. The van der Waals surface area contributed by atoms with Crippen LogP contribution in [0.4, 0.5) is 11.4 Å². The Morgan fingerprint density at radius 3 is 2.29 bits per heavy atom. The first-order valence-corrected chi connectivity index (χ1v) is 9.23. The Morgan fingerprint density at radius 2 is 1.76 bits per heavy atom. The van der Waals surface area contributed by atoms with Crippen LogP contribution in [0.3, 0.4) is 0 Å². The Bertz CT molecular complexity index is 726. The molecule has 0 radical (unpaired) electrons. The molecule has 0 spiro atoms. The number of hydrogen-bond donors (Lipinski definition) is 1. The molecule has 0 amide bonds. The number of nitrogens with two attached hydrogens (primary N) is 1. The number of sulfonamides is 1. The van der Waals surface area contributed by atoms with Gasteiger partial charge in [0.15, 0.2) is 0 Å². The molecule has 0 aliphatic heterocycles. The summed E-state index contributed by atoms with van der Waals surface area (Å²) in [6.45, 7) is 2.10. The molecule has 112 valence electrons. The lowest BCUT2D eigenvalue weighted by Gasteiger charge is -2.24. The Balaban J connectivity index is 2.61. The van der Waals surface area contributed by atoms with E-state index in [9.17, 15) is 8.42 Å². The monoisotopic (exact) mass is 432 g/mol. The topological polar surface area (TPSA) is 63.4 Å². The van der Waals surface area contributed by atoms with Crippen LogP contribution in [0, 0.1) is 0 Å². The molecule has 0 aliphatic carbocycles. The molecule has 0 fully saturated rings. The molecule has 0 heterocycles. The fourth-order valence-corrected chi connectivity index (χ4v) is 5.54. The summed E-state index contributed by atoms with van der Waals surface area (Å²) >= 11 is 6.58. The average molecular weight is 434 g/mol. The number of halogens is 2. The van der Waals surface area contributed by atoms with Crippen molar-refractivity contribution in [3.63, 3.8) is 0 Å². The fourth-order valence-electron chi connectivity index (χ4n) is 2.05. The van der Waals surface area contributed by atoms with Crippen LogP contribution in [0.5, 0.6) is 0 Å². The van der Waals surface area contributed by atoms with Crippen molar-refractivity contribution >= 4 is 53.3 Å². The van der Waals surface area contributed by atoms with Gasteiger partial charge in [0.05, 0.1) is 11.4 Å². The van der Waals surface area contributed by atoms with Crippen molar-refractivity contribution in [2.75, 3.05) is 16.6 Å². The lowest BCUT2D eigenvalue weighted by atomic mass is 10.3. The minimum atomic E-state index is -3.74. The molecule has 2 rings (SSSR count). The van der Waals surface area contributed by atoms with E-state index in [2.05, 4.69) is 31.9 Å². The minimum Gasteiger partial charge on any atom is -0.398 e. The van der Waals surface area contributed by atoms with Crippen molar-refractivity contribution in [3.05, 3.63) is 51.4 Å². The predicted molar refractivity (Wildman–Crippen MR) is 92.9 cm³/mol. The highest BCUT2D eigenvalue weighted by atomic mass is 79.9. The van der Waals surface area contributed by atoms with Crippen molar-refractivity contribution < 1.29 is 8.42 Å². The van der Waals surface area contributed by atoms with E-state index in [0.717, 1.165) is 0 Å². The normalized spacial score (nSPS) is 11.4. The summed E-state index contributed by atoms with van der Waals surface area (Å²) in [5.74, 6) is 0. The zero-order valence-corrected chi connectivity index (χ0v) is 15.2. The van der Waals surface area contributed by atoms with E-state index in [4.69, 9.17) is 5.73 Å². The second-order valence-electron chi connectivity index (χ2n) is 4.31. The summed E-state index contributed by atoms with van der Waals surface area (Å²) in [5.41, 5.74) is 6.72. The number of para-hydroxylation sites is 1. The van der Waals surface area contributed by atoms with Crippen molar-refractivity contribution in [1.82, 2.24) is 0 Å². The van der Waals surface area contributed by atoms with Crippen molar-refractivity contribution in [1.29, 1.82) is 0 Å². The van der Waals surface area contributed by atoms with Gasteiger partial charge in [0.2, 0.25) is 0 Å². The smallest absolute Gasteiger partial charge is 0.267 e. The van der Waals surface area contributed by atoms with Gasteiger partial charge in [-0.05, 0) is 47.1 Å². The van der Waals surface area contributed by atoms with Gasteiger partial charge >= 0.3 is 0 Å². The van der Waals surface area contributed by atoms with E-state index in [1.807, 2.05) is 6.07 Å². The highest BCUT2D eigenvalue weighted by molar-refractivity contribution is 9.11. The minimum absolute atomic E-state index is 0.0800. The van der Waals surface area contributed by atoms with Crippen LogP contribution in [-0.4, -0.2) is 15.0 Å². The van der Waals surface area contributed by atoms with Gasteiger partial charge in [-0.1, -0.05) is 34.1 Å².